The topological polar surface area (TPSA) is 45.7 Å². The first-order valence-corrected chi connectivity index (χ1v) is 7.29. The van der Waals surface area contributed by atoms with Gasteiger partial charge in [-0.15, -0.1) is 0 Å². The van der Waals surface area contributed by atoms with Gasteiger partial charge < -0.3 is 15.4 Å². The summed E-state index contributed by atoms with van der Waals surface area (Å²) in [5.74, 6) is 0.763. The molecule has 106 valence electrons. The first-order valence-electron chi connectivity index (χ1n) is 6.12. The fourth-order valence-electron chi connectivity index (χ4n) is 1.43. The molecular formula is C13H19BrClN3O. The number of hydrogen-bond donors (Lipinski definition) is 2. The van der Waals surface area contributed by atoms with Crippen LogP contribution in [0.1, 0.15) is 12.5 Å². The van der Waals surface area contributed by atoms with Crippen LogP contribution in [0, 0.1) is 0 Å². The number of guanidine groups is 1. The molecule has 0 aromatic heterocycles. The van der Waals surface area contributed by atoms with Crippen LogP contribution in [0.15, 0.2) is 27.7 Å². The van der Waals surface area contributed by atoms with Crippen LogP contribution >= 0.6 is 27.5 Å². The number of rotatable bonds is 6. The lowest BCUT2D eigenvalue weighted by Crippen LogP contribution is -2.38. The number of nitrogens with one attached hydrogen (secondary N) is 2. The Morgan fingerprint density at radius 3 is 2.84 bits per heavy atom. The maximum Gasteiger partial charge on any atom is 0.191 e. The average molecular weight is 349 g/mol. The molecule has 0 heterocycles. The molecule has 0 spiro atoms. The monoisotopic (exact) mass is 347 g/mol. The molecule has 0 atom stereocenters. The van der Waals surface area contributed by atoms with E-state index in [1.165, 1.54) is 0 Å². The Morgan fingerprint density at radius 1 is 1.42 bits per heavy atom. The van der Waals surface area contributed by atoms with Gasteiger partial charge in [0.2, 0.25) is 0 Å². The summed E-state index contributed by atoms with van der Waals surface area (Å²) in [6.07, 6.45) is 0. The summed E-state index contributed by atoms with van der Waals surface area (Å²) in [6.45, 7) is 4.74. The van der Waals surface area contributed by atoms with Crippen molar-refractivity contribution in [3.05, 3.63) is 33.3 Å². The Labute approximate surface area is 127 Å². The van der Waals surface area contributed by atoms with Gasteiger partial charge >= 0.3 is 0 Å². The van der Waals surface area contributed by atoms with Crippen LogP contribution in [0.3, 0.4) is 0 Å². The predicted octanol–water partition coefficient (Wildman–Crippen LogP) is 2.80. The number of methoxy groups -OCH3 is 1. The molecule has 1 aromatic carbocycles. The minimum atomic E-state index is 0.536. The SMILES string of the molecule is CCNC(=NCc1ccc(Br)cc1Cl)NCCOC. The van der Waals surface area contributed by atoms with Crippen molar-refractivity contribution in [3.8, 4) is 0 Å². The van der Waals surface area contributed by atoms with Crippen LogP contribution in [0.4, 0.5) is 0 Å². The highest BCUT2D eigenvalue weighted by Gasteiger charge is 2.01. The van der Waals surface area contributed by atoms with Gasteiger partial charge in [-0.2, -0.15) is 0 Å². The lowest BCUT2D eigenvalue weighted by atomic mass is 10.2. The van der Waals surface area contributed by atoms with Crippen molar-refractivity contribution in [3.63, 3.8) is 0 Å². The summed E-state index contributed by atoms with van der Waals surface area (Å²) in [6, 6.07) is 5.80. The van der Waals surface area contributed by atoms with Crippen molar-refractivity contribution in [2.75, 3.05) is 26.8 Å². The molecular weight excluding hydrogens is 330 g/mol. The second-order valence-corrected chi connectivity index (χ2v) is 5.17. The van der Waals surface area contributed by atoms with Crippen LogP contribution < -0.4 is 10.6 Å². The van der Waals surface area contributed by atoms with E-state index in [2.05, 4.69) is 31.6 Å². The van der Waals surface area contributed by atoms with Crippen LogP contribution in [-0.4, -0.2) is 32.8 Å². The number of aliphatic imine (C=N–C) groups is 1. The Morgan fingerprint density at radius 2 is 2.21 bits per heavy atom. The summed E-state index contributed by atoms with van der Waals surface area (Å²) in [5.41, 5.74) is 0.994. The van der Waals surface area contributed by atoms with Gasteiger partial charge in [-0.25, -0.2) is 4.99 Å². The summed E-state index contributed by atoms with van der Waals surface area (Å²) >= 11 is 9.54. The number of ether oxygens (including phenoxy) is 1. The Balaban J connectivity index is 2.63. The first-order chi connectivity index (χ1) is 9.17. The van der Waals surface area contributed by atoms with Gasteiger partial charge in [0.05, 0.1) is 13.2 Å². The number of hydrogen-bond acceptors (Lipinski definition) is 2. The molecule has 0 saturated carbocycles. The van der Waals surface area contributed by atoms with Gasteiger partial charge in [-0.05, 0) is 24.6 Å². The van der Waals surface area contributed by atoms with Gasteiger partial charge in [-0.1, -0.05) is 33.6 Å². The number of benzene rings is 1. The third-order valence-corrected chi connectivity index (χ3v) is 3.21. The quantitative estimate of drug-likeness (QED) is 0.472. The highest BCUT2D eigenvalue weighted by Crippen LogP contribution is 2.21. The Hall–Kier alpha value is -0.780. The van der Waals surface area contributed by atoms with Crippen molar-refractivity contribution >= 4 is 33.5 Å². The lowest BCUT2D eigenvalue weighted by molar-refractivity contribution is 0.203. The number of nitrogens with zero attached hydrogens (tertiary/aromatic N) is 1. The van der Waals surface area contributed by atoms with Crippen molar-refractivity contribution in [1.82, 2.24) is 10.6 Å². The fourth-order valence-corrected chi connectivity index (χ4v) is 2.16. The van der Waals surface area contributed by atoms with E-state index in [0.29, 0.717) is 18.2 Å². The molecule has 0 radical (unpaired) electrons. The van der Waals surface area contributed by atoms with E-state index in [-0.39, 0.29) is 0 Å². The largest absolute Gasteiger partial charge is 0.383 e. The van der Waals surface area contributed by atoms with E-state index < -0.39 is 0 Å². The van der Waals surface area contributed by atoms with Crippen LogP contribution in [0.5, 0.6) is 0 Å². The summed E-state index contributed by atoms with van der Waals surface area (Å²) in [7, 11) is 1.67. The average Bonchev–Trinajstić information content (AvgIpc) is 2.37. The normalized spacial score (nSPS) is 11.5. The fraction of sp³-hybridized carbons (Fsp3) is 0.462. The molecule has 19 heavy (non-hydrogen) atoms. The Bertz CT molecular complexity index is 426. The molecule has 1 aromatic rings. The van der Waals surface area contributed by atoms with Gasteiger partial charge in [0, 0.05) is 29.7 Å². The number of halogens is 2. The van der Waals surface area contributed by atoms with E-state index >= 15 is 0 Å². The molecule has 0 unspecified atom stereocenters. The summed E-state index contributed by atoms with van der Waals surface area (Å²) in [4.78, 5) is 4.49. The third-order valence-electron chi connectivity index (χ3n) is 2.37. The Kier molecular flexibility index (Phi) is 7.86. The molecule has 0 fully saturated rings. The standard InChI is InChI=1S/C13H19BrClN3O/c1-3-16-13(17-6-7-19-2)18-9-10-4-5-11(14)8-12(10)15/h4-5,8H,3,6-7,9H2,1-2H3,(H2,16,17,18). The molecule has 0 aliphatic rings. The summed E-state index contributed by atoms with van der Waals surface area (Å²) < 4.78 is 5.96. The molecule has 6 heteroatoms. The van der Waals surface area contributed by atoms with E-state index in [1.54, 1.807) is 7.11 Å². The van der Waals surface area contributed by atoms with Crippen molar-refractivity contribution in [2.24, 2.45) is 4.99 Å². The van der Waals surface area contributed by atoms with Gasteiger partial charge in [0.1, 0.15) is 0 Å². The molecule has 0 amide bonds. The second-order valence-electron chi connectivity index (χ2n) is 3.85. The lowest BCUT2D eigenvalue weighted by Gasteiger charge is -2.11. The van der Waals surface area contributed by atoms with E-state index in [9.17, 15) is 0 Å². The predicted molar refractivity (Wildman–Crippen MR) is 83.8 cm³/mol. The smallest absolute Gasteiger partial charge is 0.191 e. The summed E-state index contributed by atoms with van der Waals surface area (Å²) in [5, 5.41) is 7.07. The first kappa shape index (κ1) is 16.3. The molecule has 0 bridgehead atoms. The minimum Gasteiger partial charge on any atom is -0.383 e. The van der Waals surface area contributed by atoms with Crippen LogP contribution in [0.25, 0.3) is 0 Å². The maximum atomic E-state index is 6.16. The van der Waals surface area contributed by atoms with Gasteiger partial charge in [0.25, 0.3) is 0 Å². The van der Waals surface area contributed by atoms with Crippen molar-refractivity contribution in [1.29, 1.82) is 0 Å². The molecule has 2 N–H and O–H groups in total. The molecule has 0 aliphatic heterocycles. The van der Waals surface area contributed by atoms with Crippen molar-refractivity contribution in [2.45, 2.75) is 13.5 Å². The molecule has 0 saturated heterocycles. The second kappa shape index (κ2) is 9.18. The van der Waals surface area contributed by atoms with Crippen LogP contribution in [0.2, 0.25) is 5.02 Å². The zero-order valence-electron chi connectivity index (χ0n) is 11.2. The third kappa shape index (κ3) is 6.27. The maximum absolute atomic E-state index is 6.16. The van der Waals surface area contributed by atoms with Gasteiger partial charge in [0.15, 0.2) is 5.96 Å². The molecule has 4 nitrogen and oxygen atoms in total. The minimum absolute atomic E-state index is 0.536. The van der Waals surface area contributed by atoms with E-state index in [0.717, 1.165) is 29.1 Å². The zero-order valence-corrected chi connectivity index (χ0v) is 13.5. The molecule has 0 aliphatic carbocycles. The highest BCUT2D eigenvalue weighted by atomic mass is 79.9. The highest BCUT2D eigenvalue weighted by molar-refractivity contribution is 9.10. The molecule has 1 rings (SSSR count). The van der Waals surface area contributed by atoms with E-state index in [1.807, 2.05) is 25.1 Å². The van der Waals surface area contributed by atoms with Gasteiger partial charge in [-0.3, -0.25) is 0 Å². The van der Waals surface area contributed by atoms with E-state index in [4.69, 9.17) is 16.3 Å². The van der Waals surface area contributed by atoms with Crippen LogP contribution in [-0.2, 0) is 11.3 Å². The van der Waals surface area contributed by atoms with Crippen molar-refractivity contribution < 1.29 is 4.74 Å². The zero-order chi connectivity index (χ0) is 14.1.